The molecule has 1 heterocycles. The van der Waals surface area contributed by atoms with Crippen molar-refractivity contribution in [3.05, 3.63) is 0 Å². The smallest absolute Gasteiger partial charge is 0.303 e. The van der Waals surface area contributed by atoms with E-state index in [9.17, 15) is 14.4 Å². The van der Waals surface area contributed by atoms with E-state index in [-0.39, 0.29) is 24.2 Å². The zero-order valence-electron chi connectivity index (χ0n) is 11.0. The molecule has 7 nitrogen and oxygen atoms in total. The molecular weight excluding hydrogens is 250 g/mol. The van der Waals surface area contributed by atoms with Gasteiger partial charge < -0.3 is 21.5 Å². The third-order valence-electron chi connectivity index (χ3n) is 3.28. The normalized spacial score (nSPS) is 24.5. The molecule has 1 aliphatic heterocycles. The number of carboxylic acid groups (broad SMARTS) is 1. The molecule has 0 aliphatic carbocycles. The number of aliphatic carboxylic acids is 1. The summed E-state index contributed by atoms with van der Waals surface area (Å²) in [5, 5.41) is 14.1. The number of piperazine rings is 1. The molecule has 3 unspecified atom stereocenters. The molecule has 0 aromatic heterocycles. The van der Waals surface area contributed by atoms with E-state index in [0.29, 0.717) is 25.8 Å². The Balaban J connectivity index is 2.61. The summed E-state index contributed by atoms with van der Waals surface area (Å²) in [7, 11) is 0. The first-order valence-electron chi connectivity index (χ1n) is 6.50. The number of carbonyl (C=O) groups is 3. The van der Waals surface area contributed by atoms with E-state index in [0.717, 1.165) is 0 Å². The first kappa shape index (κ1) is 15.4. The van der Waals surface area contributed by atoms with Crippen LogP contribution >= 0.6 is 0 Å². The summed E-state index contributed by atoms with van der Waals surface area (Å²) in [5.74, 6) is -1.60. The predicted molar refractivity (Wildman–Crippen MR) is 68.2 cm³/mol. The van der Waals surface area contributed by atoms with Crippen molar-refractivity contribution < 1.29 is 19.5 Å². The Bertz CT molecular complexity index is 359. The summed E-state index contributed by atoms with van der Waals surface area (Å²) < 4.78 is 0. The molecule has 0 bridgehead atoms. The number of nitrogens with one attached hydrogen (secondary N) is 2. The number of carboxylic acids is 1. The Morgan fingerprint density at radius 1 is 1.32 bits per heavy atom. The van der Waals surface area contributed by atoms with Crippen molar-refractivity contribution in [2.45, 2.75) is 44.7 Å². The lowest BCUT2D eigenvalue weighted by Gasteiger charge is -2.30. The summed E-state index contributed by atoms with van der Waals surface area (Å²) in [6.45, 7) is 2.17. The van der Waals surface area contributed by atoms with E-state index in [4.69, 9.17) is 10.8 Å². The summed E-state index contributed by atoms with van der Waals surface area (Å²) in [6.07, 6.45) is 1.31. The number of hydrogen-bond donors (Lipinski definition) is 4. The lowest BCUT2D eigenvalue weighted by Crippen LogP contribution is -2.61. The lowest BCUT2D eigenvalue weighted by atomic mass is 9.91. The quantitative estimate of drug-likeness (QED) is 0.483. The van der Waals surface area contributed by atoms with Gasteiger partial charge in [-0.2, -0.15) is 0 Å². The van der Waals surface area contributed by atoms with Gasteiger partial charge in [-0.3, -0.25) is 14.4 Å². The van der Waals surface area contributed by atoms with E-state index < -0.39 is 18.1 Å². The minimum atomic E-state index is -0.924. The molecule has 0 spiro atoms. The van der Waals surface area contributed by atoms with E-state index in [1.807, 2.05) is 6.92 Å². The molecule has 1 fully saturated rings. The minimum absolute atomic E-state index is 0.0476. The summed E-state index contributed by atoms with van der Waals surface area (Å²) in [6, 6.07) is -1.15. The molecule has 0 saturated carbocycles. The fraction of sp³-hybridized carbons (Fsp3) is 0.750. The molecule has 1 aliphatic rings. The van der Waals surface area contributed by atoms with Gasteiger partial charge in [0.05, 0.1) is 0 Å². The van der Waals surface area contributed by atoms with Crippen LogP contribution in [0.2, 0.25) is 0 Å². The second kappa shape index (κ2) is 7.08. The molecule has 0 radical (unpaired) electrons. The fourth-order valence-electron chi connectivity index (χ4n) is 2.25. The Kier molecular flexibility index (Phi) is 5.75. The summed E-state index contributed by atoms with van der Waals surface area (Å²) in [4.78, 5) is 34.2. The number of nitrogens with two attached hydrogens (primary N) is 1. The molecule has 7 heteroatoms. The van der Waals surface area contributed by atoms with Crippen LogP contribution in [0.15, 0.2) is 0 Å². The van der Waals surface area contributed by atoms with Crippen LogP contribution in [0.4, 0.5) is 0 Å². The highest BCUT2D eigenvalue weighted by atomic mass is 16.4. The van der Waals surface area contributed by atoms with Crippen LogP contribution in [0.3, 0.4) is 0 Å². The third kappa shape index (κ3) is 4.51. The topological polar surface area (TPSA) is 122 Å². The monoisotopic (exact) mass is 271 g/mol. The first-order valence-corrected chi connectivity index (χ1v) is 6.50. The fourth-order valence-corrected chi connectivity index (χ4v) is 2.25. The summed E-state index contributed by atoms with van der Waals surface area (Å²) in [5.41, 5.74) is 5.43. The molecule has 3 atom stereocenters. The van der Waals surface area contributed by atoms with E-state index >= 15 is 0 Å². The van der Waals surface area contributed by atoms with Gasteiger partial charge in [-0.05, 0) is 31.7 Å². The van der Waals surface area contributed by atoms with Gasteiger partial charge >= 0.3 is 5.97 Å². The number of hydrogen-bond acceptors (Lipinski definition) is 4. The van der Waals surface area contributed by atoms with Gasteiger partial charge in [-0.25, -0.2) is 0 Å². The maximum Gasteiger partial charge on any atom is 0.303 e. The number of amides is 2. The average molecular weight is 271 g/mol. The summed E-state index contributed by atoms with van der Waals surface area (Å²) >= 11 is 0. The maximum absolute atomic E-state index is 11.8. The van der Waals surface area contributed by atoms with Crippen LogP contribution in [-0.4, -0.2) is 41.5 Å². The molecular formula is C12H21N3O4. The molecule has 2 amide bonds. The van der Waals surface area contributed by atoms with Gasteiger partial charge in [0.25, 0.3) is 0 Å². The van der Waals surface area contributed by atoms with Gasteiger partial charge in [0.2, 0.25) is 11.8 Å². The van der Waals surface area contributed by atoms with E-state index in [2.05, 4.69) is 10.6 Å². The SMILES string of the molecule is CCC1NC(=O)C(CC(CCN)CC(=O)O)NC1=O. The average Bonchev–Trinajstić information content (AvgIpc) is 2.32. The number of rotatable bonds is 7. The van der Waals surface area contributed by atoms with E-state index in [1.54, 1.807) is 0 Å². The first-order chi connectivity index (χ1) is 8.97. The molecule has 0 aromatic rings. The van der Waals surface area contributed by atoms with Crippen molar-refractivity contribution in [3.63, 3.8) is 0 Å². The number of carbonyl (C=O) groups excluding carboxylic acids is 2. The van der Waals surface area contributed by atoms with E-state index in [1.165, 1.54) is 0 Å². The minimum Gasteiger partial charge on any atom is -0.481 e. The van der Waals surface area contributed by atoms with Gasteiger partial charge in [0, 0.05) is 6.42 Å². The standard InChI is InChI=1S/C12H21N3O4/c1-2-8-11(18)15-9(12(19)14-8)5-7(3-4-13)6-10(16)17/h7-9H,2-6,13H2,1H3,(H,14,19)(H,15,18)(H,16,17). The van der Waals surface area contributed by atoms with Gasteiger partial charge in [-0.1, -0.05) is 6.92 Å². The van der Waals surface area contributed by atoms with Gasteiger partial charge in [0.1, 0.15) is 12.1 Å². The Morgan fingerprint density at radius 2 is 1.89 bits per heavy atom. The highest BCUT2D eigenvalue weighted by Gasteiger charge is 2.34. The molecule has 5 N–H and O–H groups in total. The third-order valence-corrected chi connectivity index (χ3v) is 3.28. The second-order valence-electron chi connectivity index (χ2n) is 4.81. The molecule has 1 rings (SSSR count). The van der Waals surface area contributed by atoms with Gasteiger partial charge in [0.15, 0.2) is 0 Å². The van der Waals surface area contributed by atoms with Crippen LogP contribution in [0, 0.1) is 5.92 Å². The van der Waals surface area contributed by atoms with Crippen molar-refractivity contribution in [3.8, 4) is 0 Å². The molecule has 1 saturated heterocycles. The van der Waals surface area contributed by atoms with Crippen LogP contribution in [0.5, 0.6) is 0 Å². The van der Waals surface area contributed by atoms with Crippen molar-refractivity contribution in [1.29, 1.82) is 0 Å². The Labute approximate surface area is 111 Å². The van der Waals surface area contributed by atoms with Crippen LogP contribution in [0.1, 0.15) is 32.6 Å². The van der Waals surface area contributed by atoms with Crippen LogP contribution in [-0.2, 0) is 14.4 Å². The maximum atomic E-state index is 11.8. The largest absolute Gasteiger partial charge is 0.481 e. The Morgan fingerprint density at radius 3 is 2.42 bits per heavy atom. The lowest BCUT2D eigenvalue weighted by molar-refractivity contribution is -0.139. The van der Waals surface area contributed by atoms with Crippen LogP contribution in [0.25, 0.3) is 0 Å². The molecule has 19 heavy (non-hydrogen) atoms. The van der Waals surface area contributed by atoms with Gasteiger partial charge in [-0.15, -0.1) is 0 Å². The van der Waals surface area contributed by atoms with Crippen molar-refractivity contribution in [2.75, 3.05) is 6.54 Å². The molecule has 108 valence electrons. The highest BCUT2D eigenvalue weighted by Crippen LogP contribution is 2.17. The second-order valence-corrected chi connectivity index (χ2v) is 4.81. The Hall–Kier alpha value is -1.63. The van der Waals surface area contributed by atoms with Crippen molar-refractivity contribution in [1.82, 2.24) is 10.6 Å². The predicted octanol–water partition coefficient (Wildman–Crippen LogP) is -0.791. The highest BCUT2D eigenvalue weighted by molar-refractivity contribution is 5.96. The molecule has 0 aromatic carbocycles. The van der Waals surface area contributed by atoms with Crippen LogP contribution < -0.4 is 16.4 Å². The zero-order valence-corrected chi connectivity index (χ0v) is 11.0. The zero-order chi connectivity index (χ0) is 14.4. The van der Waals surface area contributed by atoms with Crippen molar-refractivity contribution in [2.24, 2.45) is 11.7 Å². The van der Waals surface area contributed by atoms with Crippen molar-refractivity contribution >= 4 is 17.8 Å².